The van der Waals surface area contributed by atoms with Crippen LogP contribution in [0.4, 0.5) is 22.7 Å². The second-order valence-corrected chi connectivity index (χ2v) is 6.44. The Bertz CT molecular complexity index is 855. The molecule has 1 aliphatic rings. The fourth-order valence-electron chi connectivity index (χ4n) is 3.34. The van der Waals surface area contributed by atoms with Crippen LogP contribution in [0.3, 0.4) is 0 Å². The van der Waals surface area contributed by atoms with Crippen molar-refractivity contribution in [3.05, 3.63) is 58.1 Å². The predicted molar refractivity (Wildman–Crippen MR) is 104 cm³/mol. The van der Waals surface area contributed by atoms with Gasteiger partial charge in [0, 0.05) is 30.4 Å². The number of fused-ring (bicyclic) bond motifs is 1. The van der Waals surface area contributed by atoms with Crippen molar-refractivity contribution in [2.24, 2.45) is 0 Å². The number of benzene rings is 2. The lowest BCUT2D eigenvalue weighted by Crippen LogP contribution is -2.39. The van der Waals surface area contributed by atoms with Gasteiger partial charge >= 0.3 is 0 Å². The number of hydrogen-bond acceptors (Lipinski definition) is 6. The number of nitrogens with one attached hydrogen (secondary N) is 2. The number of aliphatic hydroxyl groups is 1. The van der Waals surface area contributed by atoms with Crippen LogP contribution in [0.1, 0.15) is 12.5 Å². The van der Waals surface area contributed by atoms with E-state index >= 15 is 0 Å². The maximum absolute atomic E-state index is 12.8. The highest BCUT2D eigenvalue weighted by atomic mass is 16.6. The monoisotopic (exact) mass is 370 g/mol. The number of nitrogens with zero attached hydrogens (tertiary/aromatic N) is 2. The molecule has 3 rings (SSSR count). The van der Waals surface area contributed by atoms with E-state index in [1.165, 1.54) is 12.1 Å². The molecule has 0 fully saturated rings. The molecule has 0 radical (unpaired) electrons. The maximum atomic E-state index is 12.8. The predicted octanol–water partition coefficient (Wildman–Crippen LogP) is 2.39. The van der Waals surface area contributed by atoms with Crippen LogP contribution in [0.25, 0.3) is 0 Å². The van der Waals surface area contributed by atoms with E-state index in [4.69, 9.17) is 5.11 Å². The first-order valence-electron chi connectivity index (χ1n) is 8.78. The normalized spacial score (nSPS) is 15.3. The van der Waals surface area contributed by atoms with E-state index in [1.807, 2.05) is 31.2 Å². The lowest BCUT2D eigenvalue weighted by atomic mass is 10.1. The van der Waals surface area contributed by atoms with E-state index in [0.717, 1.165) is 17.7 Å². The standard InChI is InChI=1S/C19H22N4O4/c1-13-10-14-4-2-3-5-18(14)22(13)19(25)12-21-17-11-15(23(26)27)6-7-16(17)20-8-9-24/h2-7,11,13,20-21,24H,8-10,12H2,1H3. The van der Waals surface area contributed by atoms with Crippen molar-refractivity contribution in [2.75, 3.05) is 35.2 Å². The van der Waals surface area contributed by atoms with Crippen LogP contribution in [-0.2, 0) is 11.2 Å². The number of para-hydroxylation sites is 1. The first-order chi connectivity index (χ1) is 13.0. The average Bonchev–Trinajstić information content (AvgIpc) is 3.00. The zero-order valence-electron chi connectivity index (χ0n) is 15.0. The molecule has 0 bridgehead atoms. The van der Waals surface area contributed by atoms with Crippen LogP contribution >= 0.6 is 0 Å². The minimum Gasteiger partial charge on any atom is -0.395 e. The number of rotatable bonds is 7. The zero-order chi connectivity index (χ0) is 19.4. The third kappa shape index (κ3) is 4.01. The number of hydrogen-bond donors (Lipinski definition) is 3. The molecule has 0 spiro atoms. The summed E-state index contributed by atoms with van der Waals surface area (Å²) >= 11 is 0. The topological polar surface area (TPSA) is 108 Å². The summed E-state index contributed by atoms with van der Waals surface area (Å²) in [6, 6.07) is 12.2. The van der Waals surface area contributed by atoms with Crippen molar-refractivity contribution in [2.45, 2.75) is 19.4 Å². The van der Waals surface area contributed by atoms with Crippen molar-refractivity contribution in [1.29, 1.82) is 0 Å². The summed E-state index contributed by atoms with van der Waals surface area (Å²) in [7, 11) is 0. The molecule has 1 amide bonds. The van der Waals surface area contributed by atoms with Gasteiger partial charge in [-0.25, -0.2) is 0 Å². The number of amides is 1. The van der Waals surface area contributed by atoms with E-state index in [1.54, 1.807) is 11.0 Å². The Labute approximate surface area is 157 Å². The van der Waals surface area contributed by atoms with Crippen molar-refractivity contribution in [3.63, 3.8) is 0 Å². The van der Waals surface area contributed by atoms with E-state index in [9.17, 15) is 14.9 Å². The Hall–Kier alpha value is -3.13. The van der Waals surface area contributed by atoms with Gasteiger partial charge in [0.05, 0.1) is 29.4 Å². The number of non-ortho nitro benzene ring substituents is 1. The molecule has 1 aliphatic heterocycles. The SMILES string of the molecule is CC1Cc2ccccc2N1C(=O)CNc1cc([N+](=O)[O-])ccc1NCCO. The molecule has 8 heteroatoms. The summed E-state index contributed by atoms with van der Waals surface area (Å²) in [5.74, 6) is -0.105. The van der Waals surface area contributed by atoms with Gasteiger partial charge in [-0.15, -0.1) is 0 Å². The van der Waals surface area contributed by atoms with Crippen LogP contribution in [0.2, 0.25) is 0 Å². The molecule has 8 nitrogen and oxygen atoms in total. The highest BCUT2D eigenvalue weighted by molar-refractivity contribution is 5.99. The fraction of sp³-hybridized carbons (Fsp3) is 0.316. The Balaban J connectivity index is 1.76. The summed E-state index contributed by atoms with van der Waals surface area (Å²) in [6.45, 7) is 2.24. The highest BCUT2D eigenvalue weighted by Gasteiger charge is 2.30. The number of nitro groups is 1. The van der Waals surface area contributed by atoms with Crippen molar-refractivity contribution < 1.29 is 14.8 Å². The van der Waals surface area contributed by atoms with Crippen LogP contribution in [-0.4, -0.2) is 41.7 Å². The Morgan fingerprint density at radius 2 is 2.04 bits per heavy atom. The third-order valence-corrected chi connectivity index (χ3v) is 4.55. The van der Waals surface area contributed by atoms with Gasteiger partial charge in [0.2, 0.25) is 5.91 Å². The van der Waals surface area contributed by atoms with Gasteiger partial charge in [-0.05, 0) is 31.0 Å². The number of carbonyl (C=O) groups excluding carboxylic acids is 1. The van der Waals surface area contributed by atoms with Gasteiger partial charge in [0.1, 0.15) is 0 Å². The van der Waals surface area contributed by atoms with Gasteiger partial charge < -0.3 is 20.6 Å². The molecule has 1 heterocycles. The van der Waals surface area contributed by atoms with Crippen LogP contribution < -0.4 is 15.5 Å². The lowest BCUT2D eigenvalue weighted by Gasteiger charge is -2.23. The van der Waals surface area contributed by atoms with Gasteiger partial charge in [0.15, 0.2) is 0 Å². The van der Waals surface area contributed by atoms with Crippen molar-refractivity contribution >= 4 is 28.7 Å². The molecule has 2 aromatic carbocycles. The fourth-order valence-corrected chi connectivity index (χ4v) is 3.34. The van der Waals surface area contributed by atoms with E-state index < -0.39 is 4.92 Å². The molecule has 0 saturated heterocycles. The first kappa shape index (κ1) is 18.7. The van der Waals surface area contributed by atoms with E-state index in [2.05, 4.69) is 10.6 Å². The van der Waals surface area contributed by atoms with Gasteiger partial charge in [-0.1, -0.05) is 18.2 Å². The second-order valence-electron chi connectivity index (χ2n) is 6.44. The molecule has 1 unspecified atom stereocenters. The minimum absolute atomic E-state index is 0.00759. The maximum Gasteiger partial charge on any atom is 0.271 e. The minimum atomic E-state index is -0.485. The van der Waals surface area contributed by atoms with Crippen LogP contribution in [0, 0.1) is 10.1 Å². The molecule has 2 aromatic rings. The summed E-state index contributed by atoms with van der Waals surface area (Å²) in [4.78, 5) is 25.1. The Morgan fingerprint density at radius 1 is 1.26 bits per heavy atom. The number of aliphatic hydroxyl groups excluding tert-OH is 1. The molecule has 0 aromatic heterocycles. The van der Waals surface area contributed by atoms with Gasteiger partial charge in [0.25, 0.3) is 5.69 Å². The van der Waals surface area contributed by atoms with Crippen molar-refractivity contribution in [1.82, 2.24) is 0 Å². The number of nitro benzene ring substituents is 1. The van der Waals surface area contributed by atoms with E-state index in [0.29, 0.717) is 17.9 Å². The van der Waals surface area contributed by atoms with Gasteiger partial charge in [-0.2, -0.15) is 0 Å². The lowest BCUT2D eigenvalue weighted by molar-refractivity contribution is -0.384. The van der Waals surface area contributed by atoms with E-state index in [-0.39, 0.29) is 30.8 Å². The molecule has 3 N–H and O–H groups in total. The summed E-state index contributed by atoms with van der Waals surface area (Å²) < 4.78 is 0. The first-order valence-corrected chi connectivity index (χ1v) is 8.78. The largest absolute Gasteiger partial charge is 0.395 e. The summed E-state index contributed by atoms with van der Waals surface area (Å²) in [5, 5.41) is 26.0. The second kappa shape index (κ2) is 8.05. The van der Waals surface area contributed by atoms with Crippen LogP contribution in [0.15, 0.2) is 42.5 Å². The third-order valence-electron chi connectivity index (χ3n) is 4.55. The number of carbonyl (C=O) groups is 1. The molecular weight excluding hydrogens is 348 g/mol. The Kier molecular flexibility index (Phi) is 5.56. The molecule has 0 saturated carbocycles. The highest BCUT2D eigenvalue weighted by Crippen LogP contribution is 2.32. The molecular formula is C19H22N4O4. The van der Waals surface area contributed by atoms with Crippen LogP contribution in [0.5, 0.6) is 0 Å². The molecule has 0 aliphatic carbocycles. The van der Waals surface area contributed by atoms with Gasteiger partial charge in [-0.3, -0.25) is 14.9 Å². The molecule has 1 atom stereocenters. The molecule has 142 valence electrons. The smallest absolute Gasteiger partial charge is 0.271 e. The summed E-state index contributed by atoms with van der Waals surface area (Å²) in [6.07, 6.45) is 0.808. The number of anilines is 3. The quantitative estimate of drug-likeness (QED) is 0.510. The zero-order valence-corrected chi connectivity index (χ0v) is 15.0. The average molecular weight is 370 g/mol. The van der Waals surface area contributed by atoms with Crippen molar-refractivity contribution in [3.8, 4) is 0 Å². The summed E-state index contributed by atoms with van der Waals surface area (Å²) in [5.41, 5.74) is 3.02. The Morgan fingerprint density at radius 3 is 2.78 bits per heavy atom. The molecule has 27 heavy (non-hydrogen) atoms.